The van der Waals surface area contributed by atoms with E-state index in [0.717, 1.165) is 6.42 Å². The van der Waals surface area contributed by atoms with Crippen LogP contribution in [0.2, 0.25) is 0 Å². The molecule has 2 atom stereocenters. The van der Waals surface area contributed by atoms with E-state index in [4.69, 9.17) is 11.5 Å². The van der Waals surface area contributed by atoms with Crippen LogP contribution in [0.15, 0.2) is 12.4 Å². The molecule has 1 heterocycles. The maximum absolute atomic E-state index is 12.2. The van der Waals surface area contributed by atoms with Crippen LogP contribution in [0.4, 0.5) is 5.95 Å². The van der Waals surface area contributed by atoms with Crippen molar-refractivity contribution in [1.29, 1.82) is 0 Å². The van der Waals surface area contributed by atoms with Crippen LogP contribution < -0.4 is 27.4 Å². The van der Waals surface area contributed by atoms with Gasteiger partial charge in [0.1, 0.15) is 18.4 Å². The predicted molar refractivity (Wildman–Crippen MR) is 112 cm³/mol. The summed E-state index contributed by atoms with van der Waals surface area (Å²) in [5.41, 5.74) is 11.1. The van der Waals surface area contributed by atoms with Crippen LogP contribution in [-0.4, -0.2) is 69.7 Å². The Labute approximate surface area is 203 Å². The minimum absolute atomic E-state index is 0. The number of unbranched alkanes of at least 4 members (excludes halogenated alkanes) is 1. The number of rotatable bonds is 14. The standard InChI is InChI=1S/C16H28N8O5S.O.Tc/c17-4-2-1-3-11(18)14(26)21-9-13(25)22-12(10-30)15(27)19-5-7-23-8-6-20-16(23)24(28)29;;/h6,8,11-12,30H,1-5,7,9-10,17-18H2,(H,19,27)(H,21,26)(H,22,25);;/q;-2;+7/t11-,12-;;/m0../s1/i;;1+1. The molecule has 14 nitrogen and oxygen atoms in total. The minimum Gasteiger partial charge on any atom is -2.00 e. The van der Waals surface area contributed by atoms with Crippen molar-refractivity contribution in [3.8, 4) is 0 Å². The monoisotopic (exact) mass is 559 g/mol. The van der Waals surface area contributed by atoms with Crippen molar-refractivity contribution < 1.29 is 44.9 Å². The molecule has 3 amide bonds. The van der Waals surface area contributed by atoms with E-state index in [2.05, 4.69) is 33.6 Å². The number of hydrogen-bond donors (Lipinski definition) is 6. The predicted octanol–water partition coefficient (Wildman–Crippen LogP) is -2.23. The number of hydrogen-bond acceptors (Lipinski definition) is 9. The number of nitrogens with two attached hydrogens (primary N) is 2. The van der Waals surface area contributed by atoms with Gasteiger partial charge in [0.15, 0.2) is 0 Å². The third-order valence-corrected chi connectivity index (χ3v) is 4.44. The molecule has 0 bridgehead atoms. The van der Waals surface area contributed by atoms with Gasteiger partial charge in [-0.2, -0.15) is 12.6 Å². The molecule has 0 aromatic carbocycles. The van der Waals surface area contributed by atoms with Gasteiger partial charge < -0.3 is 43.0 Å². The van der Waals surface area contributed by atoms with E-state index < -0.39 is 34.7 Å². The molecular formula is C16H28N8O6STc+5. The van der Waals surface area contributed by atoms with Crippen molar-refractivity contribution in [1.82, 2.24) is 25.5 Å². The van der Waals surface area contributed by atoms with Crippen molar-refractivity contribution in [2.75, 3.05) is 25.4 Å². The molecule has 7 N–H and O–H groups in total. The first-order chi connectivity index (χ1) is 14.3. The maximum Gasteiger partial charge on any atom is 7.00 e. The van der Waals surface area contributed by atoms with E-state index >= 15 is 0 Å². The first-order valence-electron chi connectivity index (χ1n) is 9.37. The molecule has 1 aromatic rings. The fourth-order valence-electron chi connectivity index (χ4n) is 2.45. The number of nitrogens with one attached hydrogen (secondary N) is 3. The second kappa shape index (κ2) is 17.5. The summed E-state index contributed by atoms with van der Waals surface area (Å²) < 4.78 is 1.28. The topological polar surface area (TPSA) is 229 Å². The summed E-state index contributed by atoms with van der Waals surface area (Å²) in [7, 11) is 0. The molecule has 1 aromatic heterocycles. The van der Waals surface area contributed by atoms with Gasteiger partial charge in [0, 0.05) is 12.3 Å². The van der Waals surface area contributed by atoms with Gasteiger partial charge in [-0.3, -0.25) is 14.4 Å². The third-order valence-electron chi connectivity index (χ3n) is 4.07. The molecule has 0 saturated heterocycles. The first kappa shape index (κ1) is 32.1. The van der Waals surface area contributed by atoms with Gasteiger partial charge in [0.2, 0.25) is 17.7 Å². The largest absolute Gasteiger partial charge is 7.00 e. The first-order valence-corrected chi connectivity index (χ1v) is 10.00. The molecule has 0 saturated carbocycles. The smallest absolute Gasteiger partial charge is 2.00 e. The quantitative estimate of drug-likeness (QED) is 0.0631. The Morgan fingerprint density at radius 3 is 2.53 bits per heavy atom. The van der Waals surface area contributed by atoms with Crippen LogP contribution >= 0.6 is 12.6 Å². The molecule has 0 aliphatic rings. The summed E-state index contributed by atoms with van der Waals surface area (Å²) in [6, 6.07) is -1.67. The Morgan fingerprint density at radius 1 is 1.25 bits per heavy atom. The summed E-state index contributed by atoms with van der Waals surface area (Å²) >= 11 is 4.05. The number of aromatic nitrogens is 2. The Balaban J connectivity index is 0. The zero-order chi connectivity index (χ0) is 22.5. The molecule has 0 aliphatic heterocycles. The number of carbonyl (C=O) groups is 3. The molecule has 0 radical (unpaired) electrons. The van der Waals surface area contributed by atoms with Crippen molar-refractivity contribution in [2.45, 2.75) is 37.9 Å². The number of nitrogens with zero attached hydrogens (tertiary/aromatic N) is 3. The van der Waals surface area contributed by atoms with Crippen molar-refractivity contribution in [3.05, 3.63) is 22.5 Å². The van der Waals surface area contributed by atoms with Crippen LogP contribution in [-0.2, 0) is 46.5 Å². The van der Waals surface area contributed by atoms with Crippen LogP contribution in [0.1, 0.15) is 19.3 Å². The minimum atomic E-state index is -0.936. The summed E-state index contributed by atoms with van der Waals surface area (Å²) in [6.45, 7) is 0.406. The third kappa shape index (κ3) is 11.5. The van der Waals surface area contributed by atoms with E-state index in [1.54, 1.807) is 0 Å². The number of imidazole rings is 1. The molecule has 0 fully saturated rings. The Hall–Kier alpha value is -2.10. The van der Waals surface area contributed by atoms with Crippen LogP contribution in [0.3, 0.4) is 0 Å². The van der Waals surface area contributed by atoms with Crippen LogP contribution in [0.5, 0.6) is 0 Å². The van der Waals surface area contributed by atoms with Gasteiger partial charge in [-0.1, -0.05) is 11.4 Å². The van der Waals surface area contributed by atoms with Crippen molar-refractivity contribution in [2.24, 2.45) is 11.5 Å². The summed E-state index contributed by atoms with van der Waals surface area (Å²) in [5.74, 6) is -1.85. The summed E-state index contributed by atoms with van der Waals surface area (Å²) in [4.78, 5) is 49.8. The second-order valence-corrected chi connectivity index (χ2v) is 6.75. The van der Waals surface area contributed by atoms with E-state index in [1.807, 2.05) is 0 Å². The zero-order valence-corrected chi connectivity index (χ0v) is 20.0. The van der Waals surface area contributed by atoms with Gasteiger partial charge in [-0.15, -0.1) is 0 Å². The van der Waals surface area contributed by atoms with Gasteiger partial charge in [-0.25, -0.2) is 4.57 Å². The fraction of sp³-hybridized carbons (Fsp3) is 0.625. The van der Waals surface area contributed by atoms with E-state index in [1.165, 1.54) is 17.0 Å². The van der Waals surface area contributed by atoms with Crippen LogP contribution in [0, 0.1) is 10.1 Å². The molecule has 0 aliphatic carbocycles. The molecule has 32 heavy (non-hydrogen) atoms. The average molecular weight is 559 g/mol. The fourth-order valence-corrected chi connectivity index (χ4v) is 2.71. The Kier molecular flexibility index (Phi) is 17.5. The molecule has 16 heteroatoms. The summed E-state index contributed by atoms with van der Waals surface area (Å²) in [6.07, 6.45) is 4.64. The number of amides is 3. The Morgan fingerprint density at radius 2 is 1.94 bits per heavy atom. The number of nitro groups is 1. The molecule has 0 spiro atoms. The normalized spacial score (nSPS) is 11.8. The number of carbonyl (C=O) groups excluding carboxylic acids is 3. The van der Waals surface area contributed by atoms with Gasteiger partial charge in [0.05, 0.1) is 19.1 Å². The van der Waals surface area contributed by atoms with Gasteiger partial charge >= 0.3 is 26.1 Å². The Bertz CT molecular complexity index is 737. The second-order valence-electron chi connectivity index (χ2n) is 6.38. The molecule has 1 rings (SSSR count). The molecular weight excluding hydrogens is 531 g/mol. The van der Waals surface area contributed by atoms with E-state index in [-0.39, 0.29) is 56.9 Å². The zero-order valence-electron chi connectivity index (χ0n) is 17.2. The van der Waals surface area contributed by atoms with Crippen LogP contribution in [0.25, 0.3) is 0 Å². The van der Waals surface area contributed by atoms with Gasteiger partial charge in [0.25, 0.3) is 0 Å². The van der Waals surface area contributed by atoms with Gasteiger partial charge in [-0.05, 0) is 24.3 Å². The average Bonchev–Trinajstić information content (AvgIpc) is 3.19. The molecule has 176 valence electrons. The summed E-state index contributed by atoms with van der Waals surface area (Å²) in [5, 5.41) is 18.2. The SMILES string of the molecule is NCCCC[C@H](N)C(=O)NCC(=O)N[C@@H](CS)C(=O)NCCn1ccnc1[N+](=O)[O-].[99Tc+7].[O-2]. The van der Waals surface area contributed by atoms with E-state index in [9.17, 15) is 24.5 Å². The maximum atomic E-state index is 12.2. The van der Waals surface area contributed by atoms with E-state index in [0.29, 0.717) is 19.4 Å². The van der Waals surface area contributed by atoms with Crippen molar-refractivity contribution >= 4 is 36.3 Å². The number of thiol groups is 1. The molecule has 0 unspecified atom stereocenters. The van der Waals surface area contributed by atoms with Crippen molar-refractivity contribution in [3.63, 3.8) is 0 Å².